The first kappa shape index (κ1) is 18.8. The van der Waals surface area contributed by atoms with Crippen molar-refractivity contribution in [2.45, 2.75) is 6.92 Å². The average molecular weight is 405 g/mol. The minimum absolute atomic E-state index is 0.196. The van der Waals surface area contributed by atoms with Crippen molar-refractivity contribution in [2.75, 3.05) is 29.6 Å². The van der Waals surface area contributed by atoms with Gasteiger partial charge < -0.3 is 15.5 Å². The van der Waals surface area contributed by atoms with Crippen LogP contribution in [-0.2, 0) is 0 Å². The third-order valence-electron chi connectivity index (χ3n) is 4.21. The maximum atomic E-state index is 12.5. The Labute approximate surface area is 172 Å². The average Bonchev–Trinajstić information content (AvgIpc) is 3.17. The molecule has 0 spiro atoms. The molecule has 0 aliphatic carbocycles. The molecule has 9 heteroatoms. The molecule has 146 valence electrons. The molecule has 2 N–H and O–H groups in total. The molecule has 29 heavy (non-hydrogen) atoms. The first-order valence-corrected chi connectivity index (χ1v) is 9.65. The highest BCUT2D eigenvalue weighted by atomic mass is 32.1. The van der Waals surface area contributed by atoms with Gasteiger partial charge in [-0.15, -0.1) is 0 Å². The van der Waals surface area contributed by atoms with E-state index in [1.54, 1.807) is 18.2 Å². The topological polar surface area (TPSA) is 95.9 Å². The highest BCUT2D eigenvalue weighted by Crippen LogP contribution is 2.20. The minimum Gasteiger partial charge on any atom is -0.363 e. The van der Waals surface area contributed by atoms with Crippen molar-refractivity contribution in [3.63, 3.8) is 0 Å². The van der Waals surface area contributed by atoms with Gasteiger partial charge in [0.05, 0.1) is 11.7 Å². The molecule has 8 nitrogen and oxygen atoms in total. The molecule has 0 fully saturated rings. The van der Waals surface area contributed by atoms with Crippen molar-refractivity contribution in [1.82, 2.24) is 18.7 Å². The molecule has 4 rings (SSSR count). The SMILES string of the molecule is Cc1cc(N(C)C)nc(Nc2ccc(NC(=O)c3ccc4nsnc4c3)cc2)n1. The Bertz CT molecular complexity index is 1170. The van der Waals surface area contributed by atoms with E-state index in [-0.39, 0.29) is 5.91 Å². The van der Waals surface area contributed by atoms with E-state index >= 15 is 0 Å². The van der Waals surface area contributed by atoms with E-state index in [1.807, 2.05) is 56.3 Å². The van der Waals surface area contributed by atoms with Crippen LogP contribution in [-0.4, -0.2) is 38.7 Å². The van der Waals surface area contributed by atoms with Crippen LogP contribution in [0.1, 0.15) is 16.1 Å². The summed E-state index contributed by atoms with van der Waals surface area (Å²) in [5.41, 5.74) is 4.44. The number of carbonyl (C=O) groups excluding carboxylic acids is 1. The van der Waals surface area contributed by atoms with Gasteiger partial charge in [-0.2, -0.15) is 13.7 Å². The van der Waals surface area contributed by atoms with Gasteiger partial charge in [0, 0.05) is 42.8 Å². The lowest BCUT2D eigenvalue weighted by Gasteiger charge is -2.14. The molecule has 0 saturated heterocycles. The summed E-state index contributed by atoms with van der Waals surface area (Å²) < 4.78 is 8.32. The summed E-state index contributed by atoms with van der Waals surface area (Å²) in [4.78, 5) is 23.3. The number of aryl methyl sites for hydroxylation is 1. The normalized spacial score (nSPS) is 10.7. The molecule has 2 aromatic carbocycles. The van der Waals surface area contributed by atoms with E-state index in [2.05, 4.69) is 29.3 Å². The lowest BCUT2D eigenvalue weighted by atomic mass is 10.2. The van der Waals surface area contributed by atoms with Crippen LogP contribution in [0.2, 0.25) is 0 Å². The molecule has 1 amide bonds. The van der Waals surface area contributed by atoms with Crippen LogP contribution >= 0.6 is 11.7 Å². The number of fused-ring (bicyclic) bond motifs is 1. The van der Waals surface area contributed by atoms with Gasteiger partial charge in [-0.1, -0.05) is 0 Å². The summed E-state index contributed by atoms with van der Waals surface area (Å²) in [6.07, 6.45) is 0. The maximum Gasteiger partial charge on any atom is 0.255 e. The van der Waals surface area contributed by atoms with Gasteiger partial charge in [-0.3, -0.25) is 4.79 Å². The Morgan fingerprint density at radius 2 is 1.66 bits per heavy atom. The van der Waals surface area contributed by atoms with E-state index in [1.165, 1.54) is 0 Å². The number of benzene rings is 2. The Kier molecular flexibility index (Phi) is 5.05. The minimum atomic E-state index is -0.196. The second-order valence-corrected chi connectivity index (χ2v) is 7.24. The zero-order valence-corrected chi connectivity index (χ0v) is 17.0. The van der Waals surface area contributed by atoms with E-state index in [4.69, 9.17) is 0 Å². The zero-order valence-electron chi connectivity index (χ0n) is 16.2. The van der Waals surface area contributed by atoms with E-state index in [0.29, 0.717) is 17.2 Å². The summed E-state index contributed by atoms with van der Waals surface area (Å²) in [6.45, 7) is 1.93. The second kappa shape index (κ2) is 7.80. The molecule has 0 unspecified atom stereocenters. The standard InChI is InChI=1S/C20H19N7OS/c1-12-10-18(27(2)3)24-20(21-12)23-15-7-5-14(6-8-15)22-19(28)13-4-9-16-17(11-13)26-29-25-16/h4-11H,1-3H3,(H,22,28)(H,21,23,24). The summed E-state index contributed by atoms with van der Waals surface area (Å²) in [5.74, 6) is 1.16. The molecule has 0 aliphatic heterocycles. The summed E-state index contributed by atoms with van der Waals surface area (Å²) in [7, 11) is 3.87. The quantitative estimate of drug-likeness (QED) is 0.520. The highest BCUT2D eigenvalue weighted by molar-refractivity contribution is 7.00. The lowest BCUT2D eigenvalue weighted by molar-refractivity contribution is 0.102. The van der Waals surface area contributed by atoms with Crippen molar-refractivity contribution in [3.05, 3.63) is 59.8 Å². The first-order valence-electron chi connectivity index (χ1n) is 8.92. The molecule has 2 heterocycles. The molecule has 0 atom stereocenters. The fourth-order valence-corrected chi connectivity index (χ4v) is 3.25. The van der Waals surface area contributed by atoms with Gasteiger partial charge in [0.15, 0.2) is 0 Å². The molecular weight excluding hydrogens is 386 g/mol. The van der Waals surface area contributed by atoms with Crippen molar-refractivity contribution in [3.8, 4) is 0 Å². The van der Waals surface area contributed by atoms with Crippen LogP contribution in [0.25, 0.3) is 11.0 Å². The van der Waals surface area contributed by atoms with Crippen LogP contribution in [0, 0.1) is 6.92 Å². The highest BCUT2D eigenvalue weighted by Gasteiger charge is 2.09. The zero-order chi connectivity index (χ0) is 20.4. The number of hydrogen-bond donors (Lipinski definition) is 2. The van der Waals surface area contributed by atoms with Gasteiger partial charge in [0.1, 0.15) is 16.9 Å². The Morgan fingerprint density at radius 1 is 0.931 bits per heavy atom. The van der Waals surface area contributed by atoms with Crippen molar-refractivity contribution >= 4 is 51.8 Å². The number of nitrogens with one attached hydrogen (secondary N) is 2. The number of rotatable bonds is 5. The van der Waals surface area contributed by atoms with Gasteiger partial charge in [0.2, 0.25) is 5.95 Å². The van der Waals surface area contributed by atoms with Crippen LogP contribution in [0.4, 0.5) is 23.1 Å². The van der Waals surface area contributed by atoms with E-state index in [0.717, 1.165) is 40.0 Å². The van der Waals surface area contributed by atoms with Gasteiger partial charge in [0.25, 0.3) is 5.91 Å². The van der Waals surface area contributed by atoms with Crippen LogP contribution < -0.4 is 15.5 Å². The lowest BCUT2D eigenvalue weighted by Crippen LogP contribution is -2.13. The fourth-order valence-electron chi connectivity index (χ4n) is 2.73. The maximum absolute atomic E-state index is 12.5. The van der Waals surface area contributed by atoms with Crippen molar-refractivity contribution < 1.29 is 4.79 Å². The molecule has 0 radical (unpaired) electrons. The smallest absolute Gasteiger partial charge is 0.255 e. The number of anilines is 4. The molecule has 0 bridgehead atoms. The van der Waals surface area contributed by atoms with Crippen LogP contribution in [0.15, 0.2) is 48.5 Å². The van der Waals surface area contributed by atoms with Gasteiger partial charge >= 0.3 is 0 Å². The number of amides is 1. The van der Waals surface area contributed by atoms with Crippen LogP contribution in [0.5, 0.6) is 0 Å². The molecular formula is C20H19N7OS. The van der Waals surface area contributed by atoms with Gasteiger partial charge in [-0.05, 0) is 49.4 Å². The Hall–Kier alpha value is -3.59. The third kappa shape index (κ3) is 4.30. The number of carbonyl (C=O) groups is 1. The van der Waals surface area contributed by atoms with Crippen molar-refractivity contribution in [1.29, 1.82) is 0 Å². The van der Waals surface area contributed by atoms with E-state index < -0.39 is 0 Å². The molecule has 2 aromatic heterocycles. The molecule has 4 aromatic rings. The van der Waals surface area contributed by atoms with Gasteiger partial charge in [-0.25, -0.2) is 4.98 Å². The number of hydrogen-bond acceptors (Lipinski definition) is 8. The first-order chi connectivity index (χ1) is 14.0. The predicted octanol–water partition coefficient (Wildman–Crippen LogP) is 3.85. The van der Waals surface area contributed by atoms with Crippen LogP contribution in [0.3, 0.4) is 0 Å². The molecule has 0 saturated carbocycles. The van der Waals surface area contributed by atoms with E-state index in [9.17, 15) is 4.79 Å². The fraction of sp³-hybridized carbons (Fsp3) is 0.150. The summed E-state index contributed by atoms with van der Waals surface area (Å²) >= 11 is 1.13. The molecule has 0 aliphatic rings. The number of aromatic nitrogens is 4. The Morgan fingerprint density at radius 3 is 2.41 bits per heavy atom. The third-order valence-corrected chi connectivity index (χ3v) is 4.77. The largest absolute Gasteiger partial charge is 0.363 e. The summed E-state index contributed by atoms with van der Waals surface area (Å²) in [6, 6.07) is 14.6. The predicted molar refractivity (Wildman–Crippen MR) is 116 cm³/mol. The van der Waals surface area contributed by atoms with Crippen molar-refractivity contribution in [2.24, 2.45) is 0 Å². The second-order valence-electron chi connectivity index (χ2n) is 6.71. The summed E-state index contributed by atoms with van der Waals surface area (Å²) in [5, 5.41) is 6.08. The number of nitrogens with zero attached hydrogens (tertiary/aromatic N) is 5. The monoisotopic (exact) mass is 405 g/mol. The Balaban J connectivity index is 1.45.